The Bertz CT molecular complexity index is 396. The number of carbonyl (C=O) groups is 1. The zero-order chi connectivity index (χ0) is 12.1. The molecule has 1 aromatic heterocycles. The molecule has 6 heteroatoms. The molecule has 0 atom stereocenters. The fourth-order valence-corrected chi connectivity index (χ4v) is 1.31. The molecule has 0 aliphatic heterocycles. The quantitative estimate of drug-likeness (QED) is 0.816. The van der Waals surface area contributed by atoms with Gasteiger partial charge in [-0.05, 0) is 25.0 Å². The van der Waals surface area contributed by atoms with Crippen LogP contribution < -0.4 is 5.32 Å². The minimum absolute atomic E-state index is 0.260. The molecule has 0 radical (unpaired) electrons. The Morgan fingerprint density at radius 2 is 2.06 bits per heavy atom. The second kappa shape index (κ2) is 5.65. The summed E-state index contributed by atoms with van der Waals surface area (Å²) in [6, 6.07) is 0. The van der Waals surface area contributed by atoms with Gasteiger partial charge in [-0.3, -0.25) is 4.79 Å². The summed E-state index contributed by atoms with van der Waals surface area (Å²) in [7, 11) is 1.36. The lowest BCUT2D eigenvalue weighted by molar-refractivity contribution is -0.140. The van der Waals surface area contributed by atoms with Gasteiger partial charge < -0.3 is 10.1 Å². The molecule has 16 heavy (non-hydrogen) atoms. The third kappa shape index (κ3) is 3.06. The molecule has 5 nitrogen and oxygen atoms in total. The van der Waals surface area contributed by atoms with Crippen molar-refractivity contribution in [2.24, 2.45) is 0 Å². The second-order valence-electron chi connectivity index (χ2n) is 3.34. The van der Waals surface area contributed by atoms with Crippen LogP contribution in [0.5, 0.6) is 0 Å². The summed E-state index contributed by atoms with van der Waals surface area (Å²) in [5.41, 5.74) is 1.82. The average molecular weight is 244 g/mol. The normalized spacial score (nSPS) is 10.0. The van der Waals surface area contributed by atoms with Crippen molar-refractivity contribution in [3.8, 4) is 0 Å². The Hall–Kier alpha value is -1.36. The maximum atomic E-state index is 10.9. The molecule has 0 aliphatic carbocycles. The summed E-state index contributed by atoms with van der Waals surface area (Å²) in [5, 5.41) is 11.1. The summed E-state index contributed by atoms with van der Waals surface area (Å²) in [6.07, 6.45) is 0.291. The Labute approximate surface area is 99.2 Å². The van der Waals surface area contributed by atoms with Crippen molar-refractivity contribution in [3.63, 3.8) is 0 Å². The van der Waals surface area contributed by atoms with Gasteiger partial charge in [0.2, 0.25) is 0 Å². The minimum atomic E-state index is -0.260. The predicted octanol–water partition coefficient (Wildman–Crippen LogP) is 1.72. The van der Waals surface area contributed by atoms with Crippen molar-refractivity contribution in [1.29, 1.82) is 0 Å². The Morgan fingerprint density at radius 1 is 1.38 bits per heavy atom. The number of ether oxygens (including phenoxy) is 1. The largest absolute Gasteiger partial charge is 0.469 e. The molecule has 1 N–H and O–H groups in total. The highest BCUT2D eigenvalue weighted by Crippen LogP contribution is 2.20. The lowest BCUT2D eigenvalue weighted by Crippen LogP contribution is -2.12. The van der Waals surface area contributed by atoms with Crippen LogP contribution in [0.4, 0.5) is 5.82 Å². The van der Waals surface area contributed by atoms with Crippen LogP contribution in [0.25, 0.3) is 0 Å². The molecule has 0 aromatic carbocycles. The van der Waals surface area contributed by atoms with Crippen molar-refractivity contribution in [3.05, 3.63) is 16.3 Å². The summed E-state index contributed by atoms with van der Waals surface area (Å²) >= 11 is 5.82. The van der Waals surface area contributed by atoms with Gasteiger partial charge in [0.25, 0.3) is 0 Å². The van der Waals surface area contributed by atoms with Gasteiger partial charge in [-0.15, -0.1) is 10.2 Å². The molecular weight excluding hydrogens is 230 g/mol. The number of hydrogen-bond acceptors (Lipinski definition) is 5. The van der Waals surface area contributed by atoms with E-state index in [4.69, 9.17) is 11.6 Å². The van der Waals surface area contributed by atoms with Crippen LogP contribution in [-0.2, 0) is 9.53 Å². The Kier molecular flexibility index (Phi) is 4.49. The number of methoxy groups -OCH3 is 1. The van der Waals surface area contributed by atoms with Crippen LogP contribution in [-0.4, -0.2) is 29.8 Å². The third-order valence-electron chi connectivity index (χ3n) is 2.31. The van der Waals surface area contributed by atoms with Crippen LogP contribution in [0.3, 0.4) is 0 Å². The molecule has 1 heterocycles. The van der Waals surface area contributed by atoms with E-state index >= 15 is 0 Å². The molecule has 0 saturated carbocycles. The van der Waals surface area contributed by atoms with Gasteiger partial charge in [-0.25, -0.2) is 0 Å². The fourth-order valence-electron chi connectivity index (χ4n) is 1.13. The number of nitrogens with one attached hydrogen (secondary N) is 1. The van der Waals surface area contributed by atoms with Crippen molar-refractivity contribution in [1.82, 2.24) is 10.2 Å². The lowest BCUT2D eigenvalue weighted by atomic mass is 10.2. The summed E-state index contributed by atoms with van der Waals surface area (Å²) in [4.78, 5) is 10.9. The molecule has 0 aliphatic rings. The van der Waals surface area contributed by atoms with Crippen LogP contribution in [0.2, 0.25) is 5.15 Å². The Morgan fingerprint density at radius 3 is 2.69 bits per heavy atom. The first kappa shape index (κ1) is 12.7. The maximum absolute atomic E-state index is 10.9. The zero-order valence-corrected chi connectivity index (χ0v) is 10.3. The maximum Gasteiger partial charge on any atom is 0.307 e. The molecule has 0 amide bonds. The van der Waals surface area contributed by atoms with Crippen LogP contribution >= 0.6 is 11.6 Å². The number of aromatic nitrogens is 2. The van der Waals surface area contributed by atoms with Crippen LogP contribution in [0, 0.1) is 13.8 Å². The smallest absolute Gasteiger partial charge is 0.307 e. The van der Waals surface area contributed by atoms with Gasteiger partial charge in [0.15, 0.2) is 11.0 Å². The van der Waals surface area contributed by atoms with E-state index in [0.717, 1.165) is 11.1 Å². The SMILES string of the molecule is COC(=O)CCNc1nnc(Cl)c(C)c1C. The Balaban J connectivity index is 2.61. The zero-order valence-electron chi connectivity index (χ0n) is 9.50. The highest BCUT2D eigenvalue weighted by molar-refractivity contribution is 6.30. The molecular formula is C10H14ClN3O2. The van der Waals surface area contributed by atoms with E-state index < -0.39 is 0 Å². The first-order valence-corrected chi connectivity index (χ1v) is 5.24. The number of anilines is 1. The van der Waals surface area contributed by atoms with Crippen molar-refractivity contribution in [2.75, 3.05) is 19.0 Å². The van der Waals surface area contributed by atoms with E-state index in [-0.39, 0.29) is 5.97 Å². The molecule has 0 spiro atoms. The number of esters is 1. The predicted molar refractivity (Wildman–Crippen MR) is 61.6 cm³/mol. The van der Waals surface area contributed by atoms with Gasteiger partial charge >= 0.3 is 5.97 Å². The third-order valence-corrected chi connectivity index (χ3v) is 2.67. The lowest BCUT2D eigenvalue weighted by Gasteiger charge is -2.09. The van der Waals surface area contributed by atoms with E-state index in [9.17, 15) is 4.79 Å². The van der Waals surface area contributed by atoms with Gasteiger partial charge in [0.05, 0.1) is 13.5 Å². The van der Waals surface area contributed by atoms with E-state index in [1.807, 2.05) is 13.8 Å². The molecule has 1 aromatic rings. The first-order chi connectivity index (χ1) is 7.56. The minimum Gasteiger partial charge on any atom is -0.469 e. The monoisotopic (exact) mass is 243 g/mol. The van der Waals surface area contributed by atoms with Crippen LogP contribution in [0.15, 0.2) is 0 Å². The number of halogens is 1. The summed E-state index contributed by atoms with van der Waals surface area (Å²) in [6.45, 7) is 4.23. The van der Waals surface area contributed by atoms with Crippen LogP contribution in [0.1, 0.15) is 17.5 Å². The molecule has 0 unspecified atom stereocenters. The first-order valence-electron chi connectivity index (χ1n) is 4.86. The number of carbonyl (C=O) groups excluding carboxylic acids is 1. The standard InChI is InChI=1S/C10H14ClN3O2/c1-6-7(2)10(14-13-9(6)11)12-5-4-8(15)16-3/h4-5H2,1-3H3,(H,12,14). The van der Waals surface area contributed by atoms with Gasteiger partial charge in [-0.1, -0.05) is 11.6 Å². The summed E-state index contributed by atoms with van der Waals surface area (Å²) in [5.74, 6) is 0.384. The topological polar surface area (TPSA) is 64.1 Å². The highest BCUT2D eigenvalue weighted by Gasteiger charge is 2.08. The molecule has 88 valence electrons. The van der Waals surface area contributed by atoms with Gasteiger partial charge in [0.1, 0.15) is 0 Å². The molecule has 1 rings (SSSR count). The fraction of sp³-hybridized carbons (Fsp3) is 0.500. The van der Waals surface area contributed by atoms with Gasteiger partial charge in [-0.2, -0.15) is 0 Å². The van der Waals surface area contributed by atoms with Gasteiger partial charge in [0, 0.05) is 6.54 Å². The highest BCUT2D eigenvalue weighted by atomic mass is 35.5. The molecule has 0 bridgehead atoms. The van der Waals surface area contributed by atoms with E-state index in [2.05, 4.69) is 20.3 Å². The van der Waals surface area contributed by atoms with Crippen molar-refractivity contribution < 1.29 is 9.53 Å². The average Bonchev–Trinajstić information content (AvgIpc) is 2.29. The summed E-state index contributed by atoms with van der Waals surface area (Å²) < 4.78 is 4.53. The number of nitrogens with zero attached hydrogens (tertiary/aromatic N) is 2. The van der Waals surface area contributed by atoms with E-state index in [1.54, 1.807) is 0 Å². The number of hydrogen-bond donors (Lipinski definition) is 1. The molecule has 0 fully saturated rings. The molecule has 0 saturated heterocycles. The van der Waals surface area contributed by atoms with E-state index in [0.29, 0.717) is 23.9 Å². The number of rotatable bonds is 4. The van der Waals surface area contributed by atoms with E-state index in [1.165, 1.54) is 7.11 Å². The second-order valence-corrected chi connectivity index (χ2v) is 3.70. The van der Waals surface area contributed by atoms with Crippen molar-refractivity contribution in [2.45, 2.75) is 20.3 Å². The van der Waals surface area contributed by atoms with Crippen molar-refractivity contribution >= 4 is 23.4 Å².